The number of carboxylic acids is 2. The minimum absolute atomic E-state index is 0.729. The SMILES string of the molecule is O=C(O)C(=O)O.c1ccc(CCN2CCC(Cc3c(-c4ccccc4)[nH]c4ccccc34)C2)cc1. The van der Waals surface area contributed by atoms with Crippen LogP contribution in [0.5, 0.6) is 0 Å². The molecule has 6 heteroatoms. The van der Waals surface area contributed by atoms with Crippen molar-refractivity contribution in [3.8, 4) is 11.3 Å². The molecule has 1 fully saturated rings. The molecule has 3 N–H and O–H groups in total. The maximum atomic E-state index is 9.10. The average molecular weight is 471 g/mol. The lowest BCUT2D eigenvalue weighted by Gasteiger charge is -2.16. The molecular weight excluding hydrogens is 440 g/mol. The topological polar surface area (TPSA) is 93.6 Å². The van der Waals surface area contributed by atoms with Crippen molar-refractivity contribution in [3.63, 3.8) is 0 Å². The van der Waals surface area contributed by atoms with E-state index in [0.29, 0.717) is 0 Å². The van der Waals surface area contributed by atoms with Gasteiger partial charge in [-0.3, -0.25) is 0 Å². The molecule has 5 rings (SSSR count). The van der Waals surface area contributed by atoms with Crippen LogP contribution >= 0.6 is 0 Å². The number of carboxylic acid groups (broad SMARTS) is 2. The van der Waals surface area contributed by atoms with Crippen molar-refractivity contribution in [2.75, 3.05) is 19.6 Å². The normalized spacial score (nSPS) is 15.5. The predicted octanol–water partition coefficient (Wildman–Crippen LogP) is 5.10. The van der Waals surface area contributed by atoms with E-state index in [-0.39, 0.29) is 0 Å². The van der Waals surface area contributed by atoms with Crippen LogP contribution in [-0.2, 0) is 22.4 Å². The molecule has 180 valence electrons. The number of hydrogen-bond acceptors (Lipinski definition) is 3. The number of hydrogen-bond donors (Lipinski definition) is 3. The number of nitrogens with zero attached hydrogens (tertiary/aromatic N) is 1. The third kappa shape index (κ3) is 6.37. The molecule has 3 aromatic carbocycles. The molecule has 0 saturated carbocycles. The standard InChI is InChI=1S/C27H28N2.C2H2O4/c1-3-9-21(10-4-1)15-17-29-18-16-22(20-29)19-25-24-13-7-8-14-26(24)28-27(25)23-11-5-2-6-12-23;3-1(4)2(5)6/h1-14,22,28H,15-20H2;(H,3,4)(H,5,6). The lowest BCUT2D eigenvalue weighted by molar-refractivity contribution is -0.159. The fourth-order valence-electron chi connectivity index (χ4n) is 4.77. The molecule has 2 heterocycles. The van der Waals surface area contributed by atoms with E-state index in [9.17, 15) is 0 Å². The number of benzene rings is 3. The Balaban J connectivity index is 0.000000431. The van der Waals surface area contributed by atoms with Crippen LogP contribution in [0.4, 0.5) is 0 Å². The van der Waals surface area contributed by atoms with E-state index < -0.39 is 11.9 Å². The first kappa shape index (κ1) is 24.2. The zero-order valence-electron chi connectivity index (χ0n) is 19.6. The van der Waals surface area contributed by atoms with E-state index in [4.69, 9.17) is 19.8 Å². The number of fused-ring (bicyclic) bond motifs is 1. The van der Waals surface area contributed by atoms with Gasteiger partial charge in [-0.05, 0) is 54.5 Å². The lowest BCUT2D eigenvalue weighted by Crippen LogP contribution is -2.23. The molecule has 6 nitrogen and oxygen atoms in total. The fraction of sp³-hybridized carbons (Fsp3) is 0.241. The van der Waals surface area contributed by atoms with Crippen LogP contribution in [0.3, 0.4) is 0 Å². The minimum Gasteiger partial charge on any atom is -0.473 e. The zero-order valence-corrected chi connectivity index (χ0v) is 19.6. The molecule has 0 spiro atoms. The Hall–Kier alpha value is -3.90. The first-order chi connectivity index (χ1) is 17.0. The second-order valence-electron chi connectivity index (χ2n) is 8.90. The quantitative estimate of drug-likeness (QED) is 0.341. The summed E-state index contributed by atoms with van der Waals surface area (Å²) in [4.78, 5) is 24.5. The van der Waals surface area contributed by atoms with Gasteiger partial charge in [-0.1, -0.05) is 78.9 Å². The summed E-state index contributed by atoms with van der Waals surface area (Å²) in [6, 6.07) is 30.4. The summed E-state index contributed by atoms with van der Waals surface area (Å²) < 4.78 is 0. The van der Waals surface area contributed by atoms with Crippen LogP contribution in [-0.4, -0.2) is 51.7 Å². The Bertz CT molecular complexity index is 1260. The molecular formula is C29H30N2O4. The van der Waals surface area contributed by atoms with E-state index in [2.05, 4.69) is 94.8 Å². The second-order valence-corrected chi connectivity index (χ2v) is 8.90. The molecule has 1 aromatic heterocycles. The van der Waals surface area contributed by atoms with Gasteiger partial charge in [0, 0.05) is 29.7 Å². The Kier molecular flexibility index (Phi) is 7.95. The molecule has 1 aliphatic heterocycles. The molecule has 1 atom stereocenters. The van der Waals surface area contributed by atoms with E-state index in [1.54, 1.807) is 0 Å². The number of rotatable bonds is 6. The maximum absolute atomic E-state index is 9.10. The highest BCUT2D eigenvalue weighted by atomic mass is 16.4. The first-order valence-corrected chi connectivity index (χ1v) is 11.9. The zero-order chi connectivity index (χ0) is 24.6. The first-order valence-electron chi connectivity index (χ1n) is 11.9. The number of aromatic amines is 1. The molecule has 1 unspecified atom stereocenters. The van der Waals surface area contributed by atoms with Crippen LogP contribution in [0, 0.1) is 5.92 Å². The highest BCUT2D eigenvalue weighted by Crippen LogP contribution is 2.34. The van der Waals surface area contributed by atoms with Crippen molar-refractivity contribution in [1.82, 2.24) is 9.88 Å². The average Bonchev–Trinajstić information content (AvgIpc) is 3.49. The molecule has 0 amide bonds. The van der Waals surface area contributed by atoms with Crippen LogP contribution in [0.1, 0.15) is 17.5 Å². The van der Waals surface area contributed by atoms with E-state index >= 15 is 0 Å². The second kappa shape index (κ2) is 11.5. The van der Waals surface area contributed by atoms with E-state index in [0.717, 1.165) is 18.8 Å². The van der Waals surface area contributed by atoms with Gasteiger partial charge in [0.2, 0.25) is 0 Å². The number of H-pyrrole nitrogens is 1. The number of carbonyl (C=O) groups is 2. The van der Waals surface area contributed by atoms with Gasteiger partial charge in [0.25, 0.3) is 0 Å². The van der Waals surface area contributed by atoms with Gasteiger partial charge in [-0.15, -0.1) is 0 Å². The molecule has 0 radical (unpaired) electrons. The van der Waals surface area contributed by atoms with Gasteiger partial charge >= 0.3 is 11.9 Å². The van der Waals surface area contributed by atoms with Gasteiger partial charge in [0.15, 0.2) is 0 Å². The van der Waals surface area contributed by atoms with Crippen LogP contribution in [0.15, 0.2) is 84.9 Å². The maximum Gasteiger partial charge on any atom is 0.414 e. The summed E-state index contributed by atoms with van der Waals surface area (Å²) in [6.45, 7) is 3.60. The number of nitrogens with one attached hydrogen (secondary N) is 1. The third-order valence-electron chi connectivity index (χ3n) is 6.48. The summed E-state index contributed by atoms with van der Waals surface area (Å²) in [7, 11) is 0. The number of likely N-dealkylation sites (tertiary alicyclic amines) is 1. The molecule has 1 saturated heterocycles. The van der Waals surface area contributed by atoms with E-state index in [1.165, 1.54) is 59.3 Å². The van der Waals surface area contributed by atoms with Gasteiger partial charge in [0.05, 0.1) is 0 Å². The molecule has 0 aliphatic carbocycles. The number of aromatic nitrogens is 1. The van der Waals surface area contributed by atoms with Gasteiger partial charge in [0.1, 0.15) is 0 Å². The Morgan fingerprint density at radius 1 is 0.857 bits per heavy atom. The molecule has 1 aliphatic rings. The van der Waals surface area contributed by atoms with Crippen molar-refractivity contribution in [2.24, 2.45) is 5.92 Å². The number of aliphatic carboxylic acids is 2. The lowest BCUT2D eigenvalue weighted by atomic mass is 9.94. The summed E-state index contributed by atoms with van der Waals surface area (Å²) in [5.74, 6) is -2.92. The highest BCUT2D eigenvalue weighted by molar-refractivity contribution is 6.27. The van der Waals surface area contributed by atoms with Gasteiger partial charge in [-0.2, -0.15) is 0 Å². The smallest absolute Gasteiger partial charge is 0.414 e. The minimum atomic E-state index is -1.82. The van der Waals surface area contributed by atoms with Crippen LogP contribution < -0.4 is 0 Å². The number of para-hydroxylation sites is 1. The Morgan fingerprint density at radius 3 is 2.17 bits per heavy atom. The van der Waals surface area contributed by atoms with Gasteiger partial charge in [-0.25, -0.2) is 9.59 Å². The molecule has 4 aromatic rings. The molecule has 0 bridgehead atoms. The van der Waals surface area contributed by atoms with Crippen LogP contribution in [0.2, 0.25) is 0 Å². The third-order valence-corrected chi connectivity index (χ3v) is 6.48. The summed E-state index contributed by atoms with van der Waals surface area (Å²) in [5, 5.41) is 16.2. The van der Waals surface area contributed by atoms with Gasteiger partial charge < -0.3 is 20.1 Å². The highest BCUT2D eigenvalue weighted by Gasteiger charge is 2.25. The Labute approximate surface area is 204 Å². The summed E-state index contributed by atoms with van der Waals surface area (Å²) in [5.41, 5.74) is 6.77. The van der Waals surface area contributed by atoms with E-state index in [1.807, 2.05) is 0 Å². The van der Waals surface area contributed by atoms with Crippen LogP contribution in [0.25, 0.3) is 22.2 Å². The van der Waals surface area contributed by atoms with Crippen molar-refractivity contribution in [3.05, 3.63) is 96.1 Å². The molecule has 35 heavy (non-hydrogen) atoms. The monoisotopic (exact) mass is 470 g/mol. The Morgan fingerprint density at radius 2 is 1.49 bits per heavy atom. The van der Waals surface area contributed by atoms with Crippen molar-refractivity contribution in [2.45, 2.75) is 19.3 Å². The predicted molar refractivity (Wildman–Crippen MR) is 137 cm³/mol. The van der Waals surface area contributed by atoms with Crippen molar-refractivity contribution >= 4 is 22.8 Å². The summed E-state index contributed by atoms with van der Waals surface area (Å²) >= 11 is 0. The summed E-state index contributed by atoms with van der Waals surface area (Å²) in [6.07, 6.45) is 3.59. The fourth-order valence-corrected chi connectivity index (χ4v) is 4.77. The van der Waals surface area contributed by atoms with Crippen molar-refractivity contribution < 1.29 is 19.8 Å². The van der Waals surface area contributed by atoms with Crippen molar-refractivity contribution in [1.29, 1.82) is 0 Å². The largest absolute Gasteiger partial charge is 0.473 e.